The number of hydrogen-bond acceptors (Lipinski definition) is 4. The fourth-order valence-electron chi connectivity index (χ4n) is 2.40. The number of nitrogens with zero attached hydrogens (tertiary/aromatic N) is 1. The minimum Gasteiger partial charge on any atom is -0.497 e. The molecule has 0 bridgehead atoms. The average Bonchev–Trinajstić information content (AvgIpc) is 3.16. The third-order valence-electron chi connectivity index (χ3n) is 3.76. The summed E-state index contributed by atoms with van der Waals surface area (Å²) in [6.45, 7) is -0.0191. The second kappa shape index (κ2) is 7.79. The van der Waals surface area contributed by atoms with Crippen LogP contribution in [0.4, 0.5) is 13.2 Å². The summed E-state index contributed by atoms with van der Waals surface area (Å²) in [5.41, 5.74) is 0.644. The number of nitrogens with one attached hydrogen (secondary N) is 1. The summed E-state index contributed by atoms with van der Waals surface area (Å²) in [5, 5.41) is 4.85. The van der Waals surface area contributed by atoms with Gasteiger partial charge in [-0.1, -0.05) is 24.3 Å². The Kier molecular flexibility index (Phi) is 5.46. The summed E-state index contributed by atoms with van der Waals surface area (Å²) in [6.07, 6.45) is -4.42. The maximum atomic E-state index is 12.7. The molecule has 0 radical (unpaired) electrons. The number of halogens is 3. The maximum absolute atomic E-state index is 12.7. The van der Waals surface area contributed by atoms with Gasteiger partial charge in [-0.25, -0.2) is 4.98 Å². The first-order valence-corrected chi connectivity index (χ1v) is 8.79. The van der Waals surface area contributed by atoms with E-state index >= 15 is 0 Å². The number of alkyl halides is 3. The molecule has 0 aliphatic carbocycles. The molecule has 1 N–H and O–H groups in total. The van der Waals surface area contributed by atoms with E-state index < -0.39 is 17.6 Å². The minimum absolute atomic E-state index is 0.0191. The van der Waals surface area contributed by atoms with Crippen LogP contribution in [0.5, 0.6) is 5.75 Å². The van der Waals surface area contributed by atoms with Gasteiger partial charge in [0.1, 0.15) is 16.5 Å². The number of methoxy groups -OCH3 is 1. The number of ether oxygens (including phenoxy) is 1. The zero-order valence-electron chi connectivity index (χ0n) is 14.2. The number of aromatic nitrogens is 1. The zero-order valence-corrected chi connectivity index (χ0v) is 15.0. The largest absolute Gasteiger partial charge is 0.497 e. The van der Waals surface area contributed by atoms with Crippen molar-refractivity contribution >= 4 is 17.2 Å². The Morgan fingerprint density at radius 1 is 1.19 bits per heavy atom. The smallest absolute Gasteiger partial charge is 0.416 e. The fourth-order valence-corrected chi connectivity index (χ4v) is 3.19. The molecule has 3 aromatic rings. The van der Waals surface area contributed by atoms with Crippen molar-refractivity contribution < 1.29 is 22.7 Å². The molecule has 0 spiro atoms. The van der Waals surface area contributed by atoms with Crippen LogP contribution in [-0.4, -0.2) is 18.0 Å². The van der Waals surface area contributed by atoms with E-state index in [9.17, 15) is 18.0 Å². The van der Waals surface area contributed by atoms with Crippen LogP contribution in [0.25, 0.3) is 10.6 Å². The lowest BCUT2D eigenvalue weighted by Gasteiger charge is -2.09. The van der Waals surface area contributed by atoms with E-state index in [0.29, 0.717) is 16.3 Å². The number of amides is 1. The fraction of sp³-hybridized carbons (Fsp3) is 0.158. The lowest BCUT2D eigenvalue weighted by molar-refractivity contribution is -0.137. The van der Waals surface area contributed by atoms with Crippen LogP contribution in [0.2, 0.25) is 0 Å². The van der Waals surface area contributed by atoms with Gasteiger partial charge in [0.15, 0.2) is 0 Å². The highest BCUT2D eigenvalue weighted by Gasteiger charge is 2.30. The summed E-state index contributed by atoms with van der Waals surface area (Å²) in [7, 11) is 1.56. The summed E-state index contributed by atoms with van der Waals surface area (Å²) in [5.74, 6) is 0.232. The molecule has 0 saturated heterocycles. The molecule has 0 aliphatic rings. The Morgan fingerprint density at radius 3 is 2.70 bits per heavy atom. The second-order valence-corrected chi connectivity index (χ2v) is 6.51. The van der Waals surface area contributed by atoms with Gasteiger partial charge in [-0.3, -0.25) is 4.79 Å². The quantitative estimate of drug-likeness (QED) is 0.681. The Hall–Kier alpha value is -2.87. The monoisotopic (exact) mass is 392 g/mol. The Morgan fingerprint density at radius 2 is 1.96 bits per heavy atom. The third kappa shape index (κ3) is 4.65. The SMILES string of the molecule is COc1cccc(-c2nc(C(=O)NCc3cccc(C(F)(F)F)c3)cs2)c1. The molecule has 0 unspecified atom stereocenters. The molecule has 1 heterocycles. The number of hydrogen-bond donors (Lipinski definition) is 1. The molecule has 0 atom stereocenters. The lowest BCUT2D eigenvalue weighted by atomic mass is 10.1. The van der Waals surface area contributed by atoms with Crippen LogP contribution in [-0.2, 0) is 12.7 Å². The van der Waals surface area contributed by atoms with Gasteiger partial charge in [0.05, 0.1) is 12.7 Å². The number of thiazole rings is 1. The molecule has 140 valence electrons. The topological polar surface area (TPSA) is 51.2 Å². The van der Waals surface area contributed by atoms with Crippen molar-refractivity contribution in [1.29, 1.82) is 0 Å². The van der Waals surface area contributed by atoms with Gasteiger partial charge < -0.3 is 10.1 Å². The first-order chi connectivity index (χ1) is 12.9. The number of carbonyl (C=O) groups is 1. The number of benzene rings is 2. The molecule has 27 heavy (non-hydrogen) atoms. The molecular weight excluding hydrogens is 377 g/mol. The van der Waals surface area contributed by atoms with Gasteiger partial charge in [-0.05, 0) is 29.8 Å². The van der Waals surface area contributed by atoms with Gasteiger partial charge in [0.25, 0.3) is 5.91 Å². The van der Waals surface area contributed by atoms with Crippen molar-refractivity contribution in [2.75, 3.05) is 7.11 Å². The minimum atomic E-state index is -4.42. The second-order valence-electron chi connectivity index (χ2n) is 5.65. The molecule has 0 fully saturated rings. The first kappa shape index (κ1) is 18.9. The van der Waals surface area contributed by atoms with E-state index in [0.717, 1.165) is 17.7 Å². The molecular formula is C19H15F3N2O2S. The van der Waals surface area contributed by atoms with E-state index in [2.05, 4.69) is 10.3 Å². The normalized spacial score (nSPS) is 11.3. The van der Waals surface area contributed by atoms with E-state index in [1.54, 1.807) is 18.6 Å². The zero-order chi connectivity index (χ0) is 19.4. The van der Waals surface area contributed by atoms with E-state index in [-0.39, 0.29) is 12.2 Å². The highest BCUT2D eigenvalue weighted by atomic mass is 32.1. The Bertz CT molecular complexity index is 954. The Balaban J connectivity index is 1.68. The predicted molar refractivity (Wildman–Crippen MR) is 96.7 cm³/mol. The highest BCUT2D eigenvalue weighted by Crippen LogP contribution is 2.30. The van der Waals surface area contributed by atoms with Crippen molar-refractivity contribution in [2.45, 2.75) is 12.7 Å². The van der Waals surface area contributed by atoms with Gasteiger partial charge in [-0.2, -0.15) is 13.2 Å². The van der Waals surface area contributed by atoms with Gasteiger partial charge in [0.2, 0.25) is 0 Å². The first-order valence-electron chi connectivity index (χ1n) is 7.91. The summed E-state index contributed by atoms with van der Waals surface area (Å²) < 4.78 is 43.4. The summed E-state index contributed by atoms with van der Waals surface area (Å²) in [6, 6.07) is 12.1. The van der Waals surface area contributed by atoms with Crippen molar-refractivity contribution in [1.82, 2.24) is 10.3 Å². The third-order valence-corrected chi connectivity index (χ3v) is 4.65. The van der Waals surface area contributed by atoms with Crippen molar-refractivity contribution in [2.24, 2.45) is 0 Å². The lowest BCUT2D eigenvalue weighted by Crippen LogP contribution is -2.23. The average molecular weight is 392 g/mol. The van der Waals surface area contributed by atoms with Crippen LogP contribution in [0, 0.1) is 0 Å². The Labute approximate surface area is 157 Å². The summed E-state index contributed by atoms with van der Waals surface area (Å²) >= 11 is 1.30. The van der Waals surface area contributed by atoms with Crippen LogP contribution < -0.4 is 10.1 Å². The van der Waals surface area contributed by atoms with E-state index in [1.807, 2.05) is 18.2 Å². The molecule has 1 amide bonds. The number of carbonyl (C=O) groups excluding carboxylic acids is 1. The molecule has 0 saturated carbocycles. The standard InChI is InChI=1S/C19H15F3N2O2S/c1-26-15-7-3-5-13(9-15)18-24-16(11-27-18)17(25)23-10-12-4-2-6-14(8-12)19(20,21)22/h2-9,11H,10H2,1H3,(H,23,25). The van der Waals surface area contributed by atoms with Crippen LogP contribution in [0.15, 0.2) is 53.9 Å². The predicted octanol–water partition coefficient (Wildman–Crippen LogP) is 4.77. The maximum Gasteiger partial charge on any atom is 0.416 e. The van der Waals surface area contributed by atoms with E-state index in [1.165, 1.54) is 23.5 Å². The van der Waals surface area contributed by atoms with Crippen molar-refractivity contribution in [3.63, 3.8) is 0 Å². The molecule has 0 aliphatic heterocycles. The molecule has 3 rings (SSSR count). The van der Waals surface area contributed by atoms with Crippen LogP contribution >= 0.6 is 11.3 Å². The highest BCUT2D eigenvalue weighted by molar-refractivity contribution is 7.13. The van der Waals surface area contributed by atoms with Crippen molar-refractivity contribution in [3.05, 3.63) is 70.7 Å². The molecule has 2 aromatic carbocycles. The van der Waals surface area contributed by atoms with Crippen LogP contribution in [0.3, 0.4) is 0 Å². The molecule has 8 heteroatoms. The molecule has 1 aromatic heterocycles. The van der Waals surface area contributed by atoms with E-state index in [4.69, 9.17) is 4.74 Å². The summed E-state index contributed by atoms with van der Waals surface area (Å²) in [4.78, 5) is 16.5. The number of rotatable bonds is 5. The van der Waals surface area contributed by atoms with Crippen LogP contribution in [0.1, 0.15) is 21.6 Å². The molecule has 4 nitrogen and oxygen atoms in total. The van der Waals surface area contributed by atoms with Gasteiger partial charge >= 0.3 is 6.18 Å². The van der Waals surface area contributed by atoms with Gasteiger partial charge in [0, 0.05) is 17.5 Å². The van der Waals surface area contributed by atoms with Crippen molar-refractivity contribution in [3.8, 4) is 16.3 Å². The van der Waals surface area contributed by atoms with Gasteiger partial charge in [-0.15, -0.1) is 11.3 Å².